The van der Waals surface area contributed by atoms with Gasteiger partial charge in [0.1, 0.15) is 10.7 Å². The monoisotopic (exact) mass is 372 g/mol. The van der Waals surface area contributed by atoms with Gasteiger partial charge in [0.25, 0.3) is 10.0 Å². The first-order chi connectivity index (χ1) is 9.70. The fraction of sp³-hybridized carbons (Fsp3) is 0.143. The molecule has 2 aromatic carbocycles. The summed E-state index contributed by atoms with van der Waals surface area (Å²) >= 11 is 3.32. The third-order valence-electron chi connectivity index (χ3n) is 3.03. The van der Waals surface area contributed by atoms with E-state index >= 15 is 0 Å². The zero-order valence-corrected chi connectivity index (χ0v) is 13.8. The van der Waals surface area contributed by atoms with E-state index in [1.807, 2.05) is 6.92 Å². The maximum Gasteiger partial charge on any atom is 0.264 e. The predicted octanol–water partition coefficient (Wildman–Crippen LogP) is 3.59. The second-order valence-corrected chi connectivity index (χ2v) is 7.21. The smallest absolute Gasteiger partial charge is 0.264 e. The Balaban J connectivity index is 2.43. The lowest BCUT2D eigenvalue weighted by atomic mass is 10.2. The van der Waals surface area contributed by atoms with Gasteiger partial charge >= 0.3 is 0 Å². The van der Waals surface area contributed by atoms with E-state index in [2.05, 4.69) is 20.7 Å². The van der Waals surface area contributed by atoms with Crippen molar-refractivity contribution in [2.75, 3.05) is 10.5 Å². The second-order valence-electron chi connectivity index (χ2n) is 4.71. The number of nitrogen functional groups attached to an aromatic ring is 1. The molecule has 0 bridgehead atoms. The number of hydrogen-bond donors (Lipinski definition) is 2. The summed E-state index contributed by atoms with van der Waals surface area (Å²) in [4.78, 5) is -0.470. The van der Waals surface area contributed by atoms with Gasteiger partial charge in [0, 0.05) is 15.8 Å². The number of sulfonamides is 1. The van der Waals surface area contributed by atoms with Crippen molar-refractivity contribution >= 4 is 37.3 Å². The molecule has 0 spiro atoms. The fourth-order valence-corrected chi connectivity index (χ4v) is 3.26. The highest BCUT2D eigenvalue weighted by Crippen LogP contribution is 2.26. The van der Waals surface area contributed by atoms with Crippen LogP contribution >= 0.6 is 15.9 Å². The van der Waals surface area contributed by atoms with E-state index in [0.717, 1.165) is 22.2 Å². The molecule has 2 rings (SSSR count). The average Bonchev–Trinajstić information content (AvgIpc) is 2.37. The molecule has 0 aliphatic heterocycles. The molecule has 0 aromatic heterocycles. The Morgan fingerprint density at radius 2 is 1.81 bits per heavy atom. The van der Waals surface area contributed by atoms with E-state index in [1.165, 1.54) is 0 Å². The molecular formula is C14H14BrFN2O2S. The van der Waals surface area contributed by atoms with Gasteiger partial charge in [-0.05, 0) is 49.2 Å². The van der Waals surface area contributed by atoms with Gasteiger partial charge in [-0.15, -0.1) is 0 Å². The lowest BCUT2D eigenvalue weighted by molar-refractivity contribution is 0.570. The molecule has 0 aliphatic carbocycles. The summed E-state index contributed by atoms with van der Waals surface area (Å²) in [5, 5.41) is 0. The maximum absolute atomic E-state index is 13.9. The topological polar surface area (TPSA) is 72.2 Å². The minimum Gasteiger partial charge on any atom is -0.398 e. The first kappa shape index (κ1) is 15.8. The Morgan fingerprint density at radius 1 is 1.14 bits per heavy atom. The van der Waals surface area contributed by atoms with Crippen LogP contribution in [-0.4, -0.2) is 8.42 Å². The number of benzene rings is 2. The normalized spacial score (nSPS) is 11.4. The first-order valence-corrected chi connectivity index (χ1v) is 8.33. The van der Waals surface area contributed by atoms with E-state index in [-0.39, 0.29) is 5.69 Å². The SMILES string of the molecule is Cc1cc(F)c(S(=O)(=O)Nc2ccc(C)c(Br)c2)cc1N. The highest BCUT2D eigenvalue weighted by atomic mass is 79.9. The van der Waals surface area contributed by atoms with E-state index in [9.17, 15) is 12.8 Å². The Kier molecular flexibility index (Phi) is 4.25. The summed E-state index contributed by atoms with van der Waals surface area (Å²) in [5.41, 5.74) is 7.67. The first-order valence-electron chi connectivity index (χ1n) is 6.05. The third kappa shape index (κ3) is 3.36. The van der Waals surface area contributed by atoms with Crippen molar-refractivity contribution in [1.82, 2.24) is 0 Å². The van der Waals surface area contributed by atoms with Crippen molar-refractivity contribution in [3.63, 3.8) is 0 Å². The highest BCUT2D eigenvalue weighted by Gasteiger charge is 2.20. The lowest BCUT2D eigenvalue weighted by Crippen LogP contribution is -2.15. The van der Waals surface area contributed by atoms with E-state index in [4.69, 9.17) is 5.73 Å². The summed E-state index contributed by atoms with van der Waals surface area (Å²) in [6.45, 7) is 3.49. The summed E-state index contributed by atoms with van der Waals surface area (Å²) in [7, 11) is -4.04. The zero-order chi connectivity index (χ0) is 15.8. The van der Waals surface area contributed by atoms with E-state index in [1.54, 1.807) is 25.1 Å². The van der Waals surface area contributed by atoms with Gasteiger partial charge in [0.2, 0.25) is 0 Å². The Labute approximate surface area is 131 Å². The molecular weight excluding hydrogens is 359 g/mol. The van der Waals surface area contributed by atoms with Crippen molar-refractivity contribution in [3.8, 4) is 0 Å². The molecule has 4 nitrogen and oxygen atoms in total. The summed E-state index contributed by atoms with van der Waals surface area (Å²) in [5.74, 6) is -0.833. The van der Waals surface area contributed by atoms with Gasteiger partial charge in [-0.25, -0.2) is 12.8 Å². The van der Waals surface area contributed by atoms with Crippen molar-refractivity contribution in [3.05, 3.63) is 51.7 Å². The molecule has 112 valence electrons. The minimum atomic E-state index is -4.04. The van der Waals surface area contributed by atoms with Crippen LogP contribution in [0.2, 0.25) is 0 Å². The number of hydrogen-bond acceptors (Lipinski definition) is 3. The molecule has 0 aliphatic rings. The number of nitrogens with one attached hydrogen (secondary N) is 1. The minimum absolute atomic E-state index is 0.224. The number of anilines is 2. The molecule has 0 saturated heterocycles. The lowest BCUT2D eigenvalue weighted by Gasteiger charge is -2.11. The van der Waals surface area contributed by atoms with Crippen molar-refractivity contribution in [2.45, 2.75) is 18.7 Å². The van der Waals surface area contributed by atoms with Crippen molar-refractivity contribution in [1.29, 1.82) is 0 Å². The summed E-state index contributed by atoms with van der Waals surface area (Å²) in [6.07, 6.45) is 0. The van der Waals surface area contributed by atoms with Crippen LogP contribution in [0.25, 0.3) is 0 Å². The molecule has 0 saturated carbocycles. The Morgan fingerprint density at radius 3 is 2.43 bits per heavy atom. The Bertz CT molecular complexity index is 807. The zero-order valence-electron chi connectivity index (χ0n) is 11.4. The fourth-order valence-electron chi connectivity index (χ4n) is 1.74. The van der Waals surface area contributed by atoms with Crippen LogP contribution < -0.4 is 10.5 Å². The number of aryl methyl sites for hydroxylation is 2. The molecule has 2 aromatic rings. The maximum atomic E-state index is 13.9. The molecule has 0 atom stereocenters. The number of nitrogens with two attached hydrogens (primary N) is 1. The van der Waals surface area contributed by atoms with Crippen LogP contribution in [0, 0.1) is 19.7 Å². The largest absolute Gasteiger partial charge is 0.398 e. The molecule has 0 unspecified atom stereocenters. The van der Waals surface area contributed by atoms with Crippen LogP contribution in [0.5, 0.6) is 0 Å². The van der Waals surface area contributed by atoms with Gasteiger partial charge in [0.15, 0.2) is 0 Å². The van der Waals surface area contributed by atoms with Crippen LogP contribution in [-0.2, 0) is 10.0 Å². The second kappa shape index (κ2) is 5.65. The van der Waals surface area contributed by atoms with Crippen molar-refractivity contribution in [2.24, 2.45) is 0 Å². The standard InChI is InChI=1S/C14H14BrFN2O2S/c1-8-3-4-10(6-11(8)15)18-21(19,20)14-7-13(17)9(2)5-12(14)16/h3-7,18H,17H2,1-2H3. The number of halogens is 2. The Hall–Kier alpha value is -1.60. The third-order valence-corrected chi connectivity index (χ3v) is 5.28. The van der Waals surface area contributed by atoms with Gasteiger partial charge in [-0.2, -0.15) is 0 Å². The quantitative estimate of drug-likeness (QED) is 0.808. The summed E-state index contributed by atoms with van der Waals surface area (Å²) in [6, 6.07) is 7.20. The van der Waals surface area contributed by atoms with Crippen LogP contribution in [0.1, 0.15) is 11.1 Å². The van der Waals surface area contributed by atoms with Gasteiger partial charge in [-0.1, -0.05) is 22.0 Å². The number of rotatable bonds is 3. The van der Waals surface area contributed by atoms with E-state index < -0.39 is 20.7 Å². The molecule has 3 N–H and O–H groups in total. The average molecular weight is 373 g/mol. The molecule has 7 heteroatoms. The molecule has 0 amide bonds. The summed E-state index contributed by atoms with van der Waals surface area (Å²) < 4.78 is 41.5. The molecule has 0 fully saturated rings. The van der Waals surface area contributed by atoms with Crippen molar-refractivity contribution < 1.29 is 12.8 Å². The highest BCUT2D eigenvalue weighted by molar-refractivity contribution is 9.10. The molecule has 0 radical (unpaired) electrons. The predicted molar refractivity (Wildman–Crippen MR) is 85.2 cm³/mol. The van der Waals surface area contributed by atoms with Gasteiger partial charge < -0.3 is 5.73 Å². The molecule has 21 heavy (non-hydrogen) atoms. The van der Waals surface area contributed by atoms with Gasteiger partial charge in [0.05, 0.1) is 0 Å². The van der Waals surface area contributed by atoms with Crippen LogP contribution in [0.4, 0.5) is 15.8 Å². The van der Waals surface area contributed by atoms with Gasteiger partial charge in [-0.3, -0.25) is 4.72 Å². The van der Waals surface area contributed by atoms with E-state index in [0.29, 0.717) is 11.3 Å². The molecule has 0 heterocycles. The van der Waals surface area contributed by atoms with Crippen LogP contribution in [0.15, 0.2) is 39.7 Å². The van der Waals surface area contributed by atoms with Crippen LogP contribution in [0.3, 0.4) is 0 Å².